The zero-order valence-electron chi connectivity index (χ0n) is 8.11. The third kappa shape index (κ3) is 1.98. The average Bonchev–Trinajstić information content (AvgIpc) is 2.07. The third-order valence-electron chi connectivity index (χ3n) is 2.74. The smallest absolute Gasteiger partial charge is 0.127 e. The van der Waals surface area contributed by atoms with Crippen LogP contribution in [0.2, 0.25) is 0 Å². The first-order valence-corrected chi connectivity index (χ1v) is 5.53. The standard InChI is InChI=1S/C11H13BrFN/c1-11(6-14-7-11)5-8-2-3-9(12)4-10(8)13/h2-4,14H,5-7H2,1H3. The van der Waals surface area contributed by atoms with Gasteiger partial charge in [-0.2, -0.15) is 0 Å². The van der Waals surface area contributed by atoms with Gasteiger partial charge in [0.25, 0.3) is 0 Å². The summed E-state index contributed by atoms with van der Waals surface area (Å²) in [5.74, 6) is -0.104. The Hall–Kier alpha value is -0.410. The van der Waals surface area contributed by atoms with E-state index < -0.39 is 0 Å². The highest BCUT2D eigenvalue weighted by atomic mass is 79.9. The first-order chi connectivity index (χ1) is 6.59. The molecular weight excluding hydrogens is 245 g/mol. The zero-order chi connectivity index (χ0) is 10.2. The lowest BCUT2D eigenvalue weighted by Gasteiger charge is -2.39. The molecule has 0 spiro atoms. The van der Waals surface area contributed by atoms with Gasteiger partial charge in [0.1, 0.15) is 5.82 Å². The van der Waals surface area contributed by atoms with E-state index in [1.165, 1.54) is 6.07 Å². The van der Waals surface area contributed by atoms with Crippen molar-refractivity contribution in [2.75, 3.05) is 13.1 Å². The molecule has 0 aliphatic carbocycles. The van der Waals surface area contributed by atoms with Crippen molar-refractivity contribution in [3.63, 3.8) is 0 Å². The lowest BCUT2D eigenvalue weighted by atomic mass is 9.78. The Kier molecular flexibility index (Phi) is 2.62. The molecule has 0 radical (unpaired) electrons. The van der Waals surface area contributed by atoms with Crippen LogP contribution in [-0.4, -0.2) is 13.1 Å². The minimum atomic E-state index is -0.104. The van der Waals surface area contributed by atoms with Crippen LogP contribution in [0.4, 0.5) is 4.39 Å². The van der Waals surface area contributed by atoms with Crippen molar-refractivity contribution >= 4 is 15.9 Å². The van der Waals surface area contributed by atoms with Crippen molar-refractivity contribution in [2.45, 2.75) is 13.3 Å². The van der Waals surface area contributed by atoms with E-state index >= 15 is 0 Å². The molecule has 1 aromatic carbocycles. The number of benzene rings is 1. The molecule has 0 saturated carbocycles. The fourth-order valence-corrected chi connectivity index (χ4v) is 2.13. The van der Waals surface area contributed by atoms with Crippen molar-refractivity contribution in [1.29, 1.82) is 0 Å². The molecule has 1 fully saturated rings. The van der Waals surface area contributed by atoms with Crippen LogP contribution in [0.15, 0.2) is 22.7 Å². The van der Waals surface area contributed by atoms with Crippen LogP contribution < -0.4 is 5.32 Å². The molecule has 76 valence electrons. The fraction of sp³-hybridized carbons (Fsp3) is 0.455. The van der Waals surface area contributed by atoms with Gasteiger partial charge in [0, 0.05) is 17.6 Å². The van der Waals surface area contributed by atoms with Crippen molar-refractivity contribution in [2.24, 2.45) is 5.41 Å². The summed E-state index contributed by atoms with van der Waals surface area (Å²) in [4.78, 5) is 0. The number of nitrogens with one attached hydrogen (secondary N) is 1. The molecule has 1 nitrogen and oxygen atoms in total. The van der Waals surface area contributed by atoms with Crippen molar-refractivity contribution in [3.05, 3.63) is 34.1 Å². The Morgan fingerprint density at radius 2 is 2.21 bits per heavy atom. The maximum Gasteiger partial charge on any atom is 0.127 e. The molecule has 1 aliphatic rings. The Morgan fingerprint density at radius 1 is 1.50 bits per heavy atom. The van der Waals surface area contributed by atoms with E-state index in [-0.39, 0.29) is 11.2 Å². The molecule has 0 unspecified atom stereocenters. The first-order valence-electron chi connectivity index (χ1n) is 4.74. The van der Waals surface area contributed by atoms with Crippen LogP contribution in [0.5, 0.6) is 0 Å². The summed E-state index contributed by atoms with van der Waals surface area (Å²) in [6, 6.07) is 5.29. The van der Waals surface area contributed by atoms with Crippen molar-refractivity contribution < 1.29 is 4.39 Å². The Balaban J connectivity index is 2.16. The maximum atomic E-state index is 13.5. The van der Waals surface area contributed by atoms with Gasteiger partial charge in [-0.1, -0.05) is 28.9 Å². The summed E-state index contributed by atoms with van der Waals surface area (Å²) < 4.78 is 14.3. The van der Waals surface area contributed by atoms with Crippen LogP contribution in [0.25, 0.3) is 0 Å². The van der Waals surface area contributed by atoms with E-state index in [1.54, 1.807) is 0 Å². The highest BCUT2D eigenvalue weighted by molar-refractivity contribution is 9.10. The molecule has 0 bridgehead atoms. The molecule has 0 amide bonds. The Morgan fingerprint density at radius 3 is 2.71 bits per heavy atom. The molecule has 1 aromatic rings. The normalized spacial score (nSPS) is 19.1. The topological polar surface area (TPSA) is 12.0 Å². The minimum Gasteiger partial charge on any atom is -0.316 e. The second-order valence-corrected chi connectivity index (χ2v) is 5.24. The van der Waals surface area contributed by atoms with E-state index in [1.807, 2.05) is 12.1 Å². The molecular formula is C11H13BrFN. The number of halogens is 2. The lowest BCUT2D eigenvalue weighted by Crippen LogP contribution is -2.52. The summed E-state index contributed by atoms with van der Waals surface area (Å²) in [6.45, 7) is 4.16. The van der Waals surface area contributed by atoms with E-state index in [0.717, 1.165) is 29.5 Å². The van der Waals surface area contributed by atoms with Crippen LogP contribution in [-0.2, 0) is 6.42 Å². The Bertz CT molecular complexity index is 347. The zero-order valence-corrected chi connectivity index (χ0v) is 9.70. The molecule has 1 saturated heterocycles. The minimum absolute atomic E-state index is 0.104. The highest BCUT2D eigenvalue weighted by Gasteiger charge is 2.32. The molecule has 1 N–H and O–H groups in total. The van der Waals surface area contributed by atoms with Crippen LogP contribution in [0, 0.1) is 11.2 Å². The van der Waals surface area contributed by atoms with Gasteiger partial charge in [-0.25, -0.2) is 4.39 Å². The van der Waals surface area contributed by atoms with E-state index in [0.29, 0.717) is 0 Å². The summed E-state index contributed by atoms with van der Waals surface area (Å²) in [5, 5.41) is 3.22. The predicted octanol–water partition coefficient (Wildman–Crippen LogP) is 2.74. The summed E-state index contributed by atoms with van der Waals surface area (Å²) in [6.07, 6.45) is 0.819. The maximum absolute atomic E-state index is 13.5. The fourth-order valence-electron chi connectivity index (χ4n) is 1.80. The third-order valence-corrected chi connectivity index (χ3v) is 3.23. The molecule has 1 heterocycles. The van der Waals surface area contributed by atoms with Gasteiger partial charge in [0.15, 0.2) is 0 Å². The quantitative estimate of drug-likeness (QED) is 0.860. The van der Waals surface area contributed by atoms with Crippen LogP contribution >= 0.6 is 15.9 Å². The van der Waals surface area contributed by atoms with Gasteiger partial charge in [0.05, 0.1) is 0 Å². The molecule has 3 heteroatoms. The SMILES string of the molecule is CC1(Cc2ccc(Br)cc2F)CNC1. The summed E-state index contributed by atoms with van der Waals surface area (Å²) in [7, 11) is 0. The number of hydrogen-bond acceptors (Lipinski definition) is 1. The summed E-state index contributed by atoms with van der Waals surface area (Å²) in [5.41, 5.74) is 1.06. The van der Waals surface area contributed by atoms with Gasteiger partial charge >= 0.3 is 0 Å². The van der Waals surface area contributed by atoms with Gasteiger partial charge < -0.3 is 5.32 Å². The second-order valence-electron chi connectivity index (χ2n) is 4.33. The predicted molar refractivity (Wildman–Crippen MR) is 58.8 cm³/mol. The summed E-state index contributed by atoms with van der Waals surface area (Å²) >= 11 is 3.25. The monoisotopic (exact) mass is 257 g/mol. The van der Waals surface area contributed by atoms with Gasteiger partial charge in [0.2, 0.25) is 0 Å². The number of rotatable bonds is 2. The van der Waals surface area contributed by atoms with E-state index in [9.17, 15) is 4.39 Å². The molecule has 0 atom stereocenters. The largest absolute Gasteiger partial charge is 0.316 e. The molecule has 1 aliphatic heterocycles. The molecule has 0 aromatic heterocycles. The van der Waals surface area contributed by atoms with E-state index in [4.69, 9.17) is 0 Å². The van der Waals surface area contributed by atoms with E-state index in [2.05, 4.69) is 28.2 Å². The second kappa shape index (κ2) is 3.63. The van der Waals surface area contributed by atoms with Gasteiger partial charge in [-0.05, 0) is 29.5 Å². The Labute approximate surface area is 91.8 Å². The van der Waals surface area contributed by atoms with Gasteiger partial charge in [-0.3, -0.25) is 0 Å². The van der Waals surface area contributed by atoms with Crippen molar-refractivity contribution in [1.82, 2.24) is 5.32 Å². The van der Waals surface area contributed by atoms with Crippen LogP contribution in [0.1, 0.15) is 12.5 Å². The van der Waals surface area contributed by atoms with Gasteiger partial charge in [-0.15, -0.1) is 0 Å². The van der Waals surface area contributed by atoms with Crippen LogP contribution in [0.3, 0.4) is 0 Å². The average molecular weight is 258 g/mol. The van der Waals surface area contributed by atoms with Crippen molar-refractivity contribution in [3.8, 4) is 0 Å². The lowest BCUT2D eigenvalue weighted by molar-refractivity contribution is 0.193. The highest BCUT2D eigenvalue weighted by Crippen LogP contribution is 2.28. The molecule has 14 heavy (non-hydrogen) atoms. The first kappa shape index (κ1) is 10.1. The number of hydrogen-bond donors (Lipinski definition) is 1. The molecule has 2 rings (SSSR count).